The molecule has 1 amide bonds. The van der Waals surface area contributed by atoms with Crippen LogP contribution in [0.1, 0.15) is 28.7 Å². The van der Waals surface area contributed by atoms with Gasteiger partial charge in [0.2, 0.25) is 17.2 Å². The van der Waals surface area contributed by atoms with Crippen molar-refractivity contribution in [1.29, 1.82) is 0 Å². The lowest BCUT2D eigenvalue weighted by Gasteiger charge is -2.11. The van der Waals surface area contributed by atoms with E-state index in [9.17, 15) is 19.8 Å². The van der Waals surface area contributed by atoms with Gasteiger partial charge in [-0.25, -0.2) is 9.98 Å². The Bertz CT molecular complexity index is 1160. The van der Waals surface area contributed by atoms with Crippen molar-refractivity contribution in [2.75, 3.05) is 19.4 Å². The molecule has 30 heavy (non-hydrogen) atoms. The lowest BCUT2D eigenvalue weighted by atomic mass is 10.2. The highest BCUT2D eigenvalue weighted by molar-refractivity contribution is 7.11. The van der Waals surface area contributed by atoms with Crippen LogP contribution in [0.2, 0.25) is 0 Å². The number of hydrogen-bond donors (Lipinski definition) is 4. The molecule has 0 saturated carbocycles. The maximum atomic E-state index is 12.8. The second kappa shape index (κ2) is 8.41. The fourth-order valence-corrected chi connectivity index (χ4v) is 3.45. The molecule has 4 N–H and O–H groups in total. The van der Waals surface area contributed by atoms with Gasteiger partial charge < -0.3 is 25.4 Å². The van der Waals surface area contributed by atoms with Crippen LogP contribution in [0.3, 0.4) is 0 Å². The lowest BCUT2D eigenvalue weighted by molar-refractivity contribution is 0.0826. The molecule has 0 aromatic carbocycles. The highest BCUT2D eigenvalue weighted by Crippen LogP contribution is 2.45. The molecule has 3 aromatic heterocycles. The zero-order chi connectivity index (χ0) is 22.0. The summed E-state index contributed by atoms with van der Waals surface area (Å²) in [5, 5.41) is 26.3. The van der Waals surface area contributed by atoms with Crippen molar-refractivity contribution >= 4 is 40.0 Å². The Morgan fingerprint density at radius 3 is 2.67 bits per heavy atom. The van der Waals surface area contributed by atoms with Crippen LogP contribution in [0, 0.1) is 0 Å². The quantitative estimate of drug-likeness (QED) is 0.444. The molecule has 0 aliphatic rings. The van der Waals surface area contributed by atoms with Gasteiger partial charge in [-0.3, -0.25) is 14.2 Å². The highest BCUT2D eigenvalue weighted by atomic mass is 32.1. The van der Waals surface area contributed by atoms with E-state index >= 15 is 0 Å². The first kappa shape index (κ1) is 21.1. The lowest BCUT2D eigenvalue weighted by Crippen LogP contribution is -2.28. The molecule has 0 bridgehead atoms. The van der Waals surface area contributed by atoms with Crippen LogP contribution in [-0.2, 0) is 7.05 Å². The molecule has 10 nitrogen and oxygen atoms in total. The predicted molar refractivity (Wildman–Crippen MR) is 116 cm³/mol. The Morgan fingerprint density at radius 1 is 1.33 bits per heavy atom. The molecule has 0 fully saturated rings. The Kier molecular flexibility index (Phi) is 5.92. The van der Waals surface area contributed by atoms with Crippen molar-refractivity contribution < 1.29 is 15.0 Å². The van der Waals surface area contributed by atoms with Gasteiger partial charge in [0.05, 0.1) is 5.71 Å². The van der Waals surface area contributed by atoms with Crippen LogP contribution >= 0.6 is 11.3 Å². The summed E-state index contributed by atoms with van der Waals surface area (Å²) in [5.74, 6) is -1.06. The number of aromatic amines is 1. The van der Waals surface area contributed by atoms with E-state index in [0.717, 1.165) is 4.57 Å². The van der Waals surface area contributed by atoms with Crippen LogP contribution < -0.4 is 10.7 Å². The monoisotopic (exact) mass is 430 g/mol. The fourth-order valence-electron chi connectivity index (χ4n) is 2.76. The maximum Gasteiger partial charge on any atom is 0.258 e. The minimum absolute atomic E-state index is 0.0207. The van der Waals surface area contributed by atoms with Crippen molar-refractivity contribution in [2.45, 2.75) is 13.3 Å². The zero-order valence-corrected chi connectivity index (χ0v) is 17.7. The number of pyridine rings is 1. The van der Waals surface area contributed by atoms with E-state index in [4.69, 9.17) is 0 Å². The number of aromatic nitrogens is 3. The number of thiazole rings is 1. The van der Waals surface area contributed by atoms with E-state index in [1.165, 1.54) is 35.7 Å². The van der Waals surface area contributed by atoms with Crippen molar-refractivity contribution in [3.63, 3.8) is 0 Å². The number of carbonyl (C=O) groups excluding carboxylic acids is 1. The molecule has 0 radical (unpaired) electrons. The van der Waals surface area contributed by atoms with Crippen LogP contribution in [0.15, 0.2) is 33.8 Å². The summed E-state index contributed by atoms with van der Waals surface area (Å²) in [6, 6.07) is 0. The summed E-state index contributed by atoms with van der Waals surface area (Å²) < 4.78 is 1.14. The first-order valence-corrected chi connectivity index (χ1v) is 9.92. The molecule has 3 aromatic rings. The number of aliphatic imine (C=N–C) groups is 1. The molecule has 0 unspecified atom stereocenters. The number of nitrogens with one attached hydrogen (secondary N) is 2. The van der Waals surface area contributed by atoms with Gasteiger partial charge in [0.25, 0.3) is 5.91 Å². The highest BCUT2D eigenvalue weighted by Gasteiger charge is 2.23. The maximum absolute atomic E-state index is 12.8. The number of hydrogen-bond acceptors (Lipinski definition) is 8. The van der Waals surface area contributed by atoms with E-state index in [1.807, 2.05) is 12.3 Å². The van der Waals surface area contributed by atoms with Gasteiger partial charge in [0.15, 0.2) is 5.69 Å². The molecule has 0 saturated heterocycles. The number of amides is 1. The van der Waals surface area contributed by atoms with Gasteiger partial charge in [-0.1, -0.05) is 6.92 Å². The Labute approximate surface area is 176 Å². The van der Waals surface area contributed by atoms with Crippen molar-refractivity contribution in [3.05, 3.63) is 44.8 Å². The second-order valence-corrected chi connectivity index (χ2v) is 7.51. The summed E-state index contributed by atoms with van der Waals surface area (Å²) in [4.78, 5) is 37.8. The summed E-state index contributed by atoms with van der Waals surface area (Å²) >= 11 is 1.40. The number of rotatable bonds is 6. The normalized spacial score (nSPS) is 11.5. The Morgan fingerprint density at radius 2 is 2.07 bits per heavy atom. The van der Waals surface area contributed by atoms with Crippen LogP contribution in [0.5, 0.6) is 11.8 Å². The molecule has 0 aliphatic heterocycles. The van der Waals surface area contributed by atoms with Gasteiger partial charge >= 0.3 is 0 Å². The third kappa shape index (κ3) is 3.79. The molecular weight excluding hydrogens is 408 g/mol. The number of carbonyl (C=O) groups is 1. The molecule has 0 spiro atoms. The first-order chi connectivity index (χ1) is 14.3. The number of H-pyrrole nitrogens is 1. The van der Waals surface area contributed by atoms with Crippen molar-refractivity contribution in [3.8, 4) is 11.8 Å². The Balaban J connectivity index is 2.11. The van der Waals surface area contributed by atoms with Crippen molar-refractivity contribution in [1.82, 2.24) is 19.4 Å². The number of nitrogens with zero attached hydrogens (tertiary/aromatic N) is 4. The van der Waals surface area contributed by atoms with E-state index in [2.05, 4.69) is 20.3 Å². The third-order valence-corrected chi connectivity index (χ3v) is 5.23. The number of anilines is 2. The van der Waals surface area contributed by atoms with E-state index in [0.29, 0.717) is 17.1 Å². The fraction of sp³-hybridized carbons (Fsp3) is 0.263. The summed E-state index contributed by atoms with van der Waals surface area (Å²) in [6.45, 7) is 1.90. The average Bonchev–Trinajstić information content (AvgIpc) is 3.32. The molecular formula is C19H22N6O4S. The molecule has 11 heteroatoms. The van der Waals surface area contributed by atoms with Gasteiger partial charge in [-0.15, -0.1) is 11.3 Å². The van der Waals surface area contributed by atoms with E-state index < -0.39 is 11.3 Å². The zero-order valence-electron chi connectivity index (χ0n) is 16.9. The van der Waals surface area contributed by atoms with E-state index in [1.54, 1.807) is 20.3 Å². The largest absolute Gasteiger partial charge is 0.493 e. The smallest absolute Gasteiger partial charge is 0.258 e. The van der Waals surface area contributed by atoms with Gasteiger partial charge in [0.1, 0.15) is 21.9 Å². The van der Waals surface area contributed by atoms with Crippen molar-refractivity contribution in [2.24, 2.45) is 12.0 Å². The van der Waals surface area contributed by atoms with Crippen LogP contribution in [0.4, 0.5) is 17.1 Å². The predicted octanol–water partition coefficient (Wildman–Crippen LogP) is 2.56. The topological polar surface area (TPSA) is 136 Å². The standard InChI is InChI=1S/C19H22N6O4S/c1-5-11(16-21-6-7-30-16)22-13-14(19(29)25(4)18(13)28)23-12-9-20-8-10(15(12)26)17(27)24(2)3/h6-9,23,28-29H,5H2,1-4H3,(H,20,26). The van der Waals surface area contributed by atoms with E-state index in [-0.39, 0.29) is 34.4 Å². The Hall–Kier alpha value is -3.60. The minimum atomic E-state index is -0.555. The second-order valence-electron chi connectivity index (χ2n) is 6.62. The average molecular weight is 430 g/mol. The third-order valence-electron chi connectivity index (χ3n) is 4.41. The summed E-state index contributed by atoms with van der Waals surface area (Å²) in [6.07, 6.45) is 4.87. The molecule has 3 rings (SSSR count). The molecule has 3 heterocycles. The molecule has 0 aliphatic carbocycles. The SMILES string of the molecule is CCC(=Nc1c(Nc2c[nH]cc(C(=O)N(C)C)c2=O)c(O)n(C)c1O)c1nccs1. The first-order valence-electron chi connectivity index (χ1n) is 9.04. The molecule has 158 valence electrons. The van der Waals surface area contributed by atoms with Gasteiger partial charge in [-0.05, 0) is 6.42 Å². The van der Waals surface area contributed by atoms with Gasteiger partial charge in [-0.2, -0.15) is 0 Å². The van der Waals surface area contributed by atoms with Gasteiger partial charge in [0, 0.05) is 45.1 Å². The summed E-state index contributed by atoms with van der Waals surface area (Å²) in [5.41, 5.74) is 0.113. The molecule has 0 atom stereocenters. The van der Waals surface area contributed by atoms with Crippen LogP contribution in [0.25, 0.3) is 0 Å². The van der Waals surface area contributed by atoms with Crippen LogP contribution in [-0.4, -0.2) is 55.4 Å². The number of aromatic hydroxyl groups is 2. The summed E-state index contributed by atoms with van der Waals surface area (Å²) in [7, 11) is 4.54. The minimum Gasteiger partial charge on any atom is -0.493 e.